The van der Waals surface area contributed by atoms with Crippen LogP contribution in [0, 0.1) is 5.92 Å². The van der Waals surface area contributed by atoms with Crippen molar-refractivity contribution < 1.29 is 19.7 Å². The fourth-order valence-corrected chi connectivity index (χ4v) is 4.03. The molecule has 0 aliphatic carbocycles. The Bertz CT molecular complexity index is 856. The highest BCUT2D eigenvalue weighted by molar-refractivity contribution is 5.76. The summed E-state index contributed by atoms with van der Waals surface area (Å²) in [5.74, 6) is 0.344. The first kappa shape index (κ1) is 24.2. The van der Waals surface area contributed by atoms with Crippen LogP contribution in [0.2, 0.25) is 0 Å². The van der Waals surface area contributed by atoms with E-state index < -0.39 is 0 Å². The van der Waals surface area contributed by atoms with Crippen molar-refractivity contribution in [1.82, 2.24) is 24.8 Å². The Kier molecular flexibility index (Phi) is 8.60. The van der Waals surface area contributed by atoms with E-state index in [0.717, 1.165) is 11.3 Å². The second kappa shape index (κ2) is 11.4. The smallest absolute Gasteiger partial charge is 0.222 e. The Morgan fingerprint density at radius 3 is 2.78 bits per heavy atom. The van der Waals surface area contributed by atoms with E-state index in [1.807, 2.05) is 26.1 Å². The summed E-state index contributed by atoms with van der Waals surface area (Å²) in [5.41, 5.74) is 2.00. The van der Waals surface area contributed by atoms with Gasteiger partial charge in [0.15, 0.2) is 0 Å². The minimum atomic E-state index is -0.245. The number of benzene rings is 1. The zero-order valence-corrected chi connectivity index (χ0v) is 19.2. The zero-order valence-electron chi connectivity index (χ0n) is 19.2. The van der Waals surface area contributed by atoms with Gasteiger partial charge in [0, 0.05) is 38.5 Å². The third kappa shape index (κ3) is 6.51. The summed E-state index contributed by atoms with van der Waals surface area (Å²) in [7, 11) is 2.03. The molecule has 0 fully saturated rings. The largest absolute Gasteiger partial charge is 0.508 e. The van der Waals surface area contributed by atoms with Crippen LogP contribution in [0.3, 0.4) is 0 Å². The minimum absolute atomic E-state index is 0.0387. The molecule has 0 saturated carbocycles. The summed E-state index contributed by atoms with van der Waals surface area (Å²) >= 11 is 0. The Balaban J connectivity index is 1.76. The first-order chi connectivity index (χ1) is 15.4. The van der Waals surface area contributed by atoms with E-state index >= 15 is 0 Å². The van der Waals surface area contributed by atoms with Gasteiger partial charge in [0.25, 0.3) is 0 Å². The Hall–Kier alpha value is -2.49. The highest BCUT2D eigenvalue weighted by Crippen LogP contribution is 2.19. The van der Waals surface area contributed by atoms with E-state index in [4.69, 9.17) is 4.74 Å². The van der Waals surface area contributed by atoms with Crippen molar-refractivity contribution in [3.8, 4) is 5.75 Å². The minimum Gasteiger partial charge on any atom is -0.508 e. The van der Waals surface area contributed by atoms with Gasteiger partial charge >= 0.3 is 0 Å². The maximum atomic E-state index is 12.9. The van der Waals surface area contributed by atoms with Crippen LogP contribution in [0.1, 0.15) is 37.9 Å². The normalized spacial score (nSPS) is 21.7. The van der Waals surface area contributed by atoms with Crippen LogP contribution in [0.5, 0.6) is 5.75 Å². The summed E-state index contributed by atoms with van der Waals surface area (Å²) in [5, 5.41) is 27.4. The molecule has 32 heavy (non-hydrogen) atoms. The molecular formula is C23H35N5O4. The molecule has 3 rings (SSSR count). The number of rotatable bonds is 6. The van der Waals surface area contributed by atoms with Gasteiger partial charge in [-0.1, -0.05) is 24.3 Å². The zero-order chi connectivity index (χ0) is 23.1. The molecule has 2 N–H and O–H groups in total. The van der Waals surface area contributed by atoms with Crippen LogP contribution in [0.25, 0.3) is 0 Å². The number of carbonyl (C=O) groups is 1. The summed E-state index contributed by atoms with van der Waals surface area (Å²) in [4.78, 5) is 16.9. The number of phenols is 1. The standard InChI is InChI=1S/C23H35N5O4/c1-17-12-27(18(2)15-29)23(31)5-4-10-28-20(11-24-25-28)16-32-22(17)14-26(3)13-19-6-8-21(30)9-7-19/h6-9,11,17-18,22,29-30H,4-5,10,12-16H2,1-3H3/t17-,18+,22+/m0/s1. The van der Waals surface area contributed by atoms with Crippen molar-refractivity contribution in [3.05, 3.63) is 41.7 Å². The summed E-state index contributed by atoms with van der Waals surface area (Å²) in [6, 6.07) is 6.94. The number of amides is 1. The monoisotopic (exact) mass is 445 g/mol. The predicted molar refractivity (Wildman–Crippen MR) is 120 cm³/mol. The molecule has 176 valence electrons. The van der Waals surface area contributed by atoms with E-state index in [0.29, 0.717) is 45.6 Å². The van der Waals surface area contributed by atoms with E-state index in [-0.39, 0.29) is 36.3 Å². The van der Waals surface area contributed by atoms with Crippen LogP contribution < -0.4 is 0 Å². The Morgan fingerprint density at radius 2 is 2.06 bits per heavy atom. The Morgan fingerprint density at radius 1 is 1.31 bits per heavy atom. The number of hydrogen-bond acceptors (Lipinski definition) is 7. The molecule has 1 aromatic carbocycles. The fraction of sp³-hybridized carbons (Fsp3) is 0.609. The van der Waals surface area contributed by atoms with E-state index in [1.165, 1.54) is 0 Å². The number of fused-ring (bicyclic) bond motifs is 1. The topological polar surface area (TPSA) is 104 Å². The first-order valence-electron chi connectivity index (χ1n) is 11.2. The van der Waals surface area contributed by atoms with Crippen molar-refractivity contribution in [3.63, 3.8) is 0 Å². The van der Waals surface area contributed by atoms with Crippen LogP contribution in [-0.4, -0.2) is 79.8 Å². The lowest BCUT2D eigenvalue weighted by atomic mass is 10.0. The molecule has 1 aliphatic rings. The Labute approximate surface area is 189 Å². The molecule has 0 bridgehead atoms. The number of carbonyl (C=O) groups excluding carboxylic acids is 1. The second-order valence-electron chi connectivity index (χ2n) is 8.82. The van der Waals surface area contributed by atoms with Crippen molar-refractivity contribution in [2.45, 2.75) is 58.5 Å². The molecule has 1 amide bonds. The number of phenolic OH excluding ortho intramolecular Hbond substituents is 1. The van der Waals surface area contributed by atoms with Crippen molar-refractivity contribution >= 4 is 5.91 Å². The van der Waals surface area contributed by atoms with E-state index in [1.54, 1.807) is 27.9 Å². The molecule has 0 unspecified atom stereocenters. The van der Waals surface area contributed by atoms with Gasteiger partial charge in [-0.3, -0.25) is 9.69 Å². The average molecular weight is 446 g/mol. The number of hydrogen-bond donors (Lipinski definition) is 2. The summed E-state index contributed by atoms with van der Waals surface area (Å²) in [6.45, 7) is 6.80. The van der Waals surface area contributed by atoms with Crippen LogP contribution in [-0.2, 0) is 29.2 Å². The first-order valence-corrected chi connectivity index (χ1v) is 11.2. The molecular weight excluding hydrogens is 410 g/mol. The molecule has 9 heteroatoms. The number of likely N-dealkylation sites (N-methyl/N-ethyl adjacent to an activating group) is 1. The van der Waals surface area contributed by atoms with Gasteiger partial charge in [-0.25, -0.2) is 4.68 Å². The van der Waals surface area contributed by atoms with Gasteiger partial charge in [0.2, 0.25) is 5.91 Å². The molecule has 2 aromatic rings. The number of aromatic hydroxyl groups is 1. The van der Waals surface area contributed by atoms with Crippen LogP contribution in [0.15, 0.2) is 30.5 Å². The number of aromatic nitrogens is 3. The average Bonchev–Trinajstić information content (AvgIpc) is 3.22. The third-order valence-electron chi connectivity index (χ3n) is 6.02. The highest BCUT2D eigenvalue weighted by atomic mass is 16.5. The number of nitrogens with zero attached hydrogens (tertiary/aromatic N) is 5. The third-order valence-corrected chi connectivity index (χ3v) is 6.02. The van der Waals surface area contributed by atoms with E-state index in [9.17, 15) is 15.0 Å². The quantitative estimate of drug-likeness (QED) is 0.697. The van der Waals surface area contributed by atoms with Gasteiger partial charge in [-0.05, 0) is 38.1 Å². The molecule has 0 saturated heterocycles. The van der Waals surface area contributed by atoms with E-state index in [2.05, 4.69) is 22.1 Å². The highest BCUT2D eigenvalue weighted by Gasteiger charge is 2.28. The van der Waals surface area contributed by atoms with Crippen molar-refractivity contribution in [2.24, 2.45) is 5.92 Å². The SMILES string of the molecule is C[C@H](CO)N1C[C@H](C)[C@@H](CN(C)Cc2ccc(O)cc2)OCc2cnnn2CCCC1=O. The second-order valence-corrected chi connectivity index (χ2v) is 8.82. The van der Waals surface area contributed by atoms with Gasteiger partial charge in [-0.15, -0.1) is 5.10 Å². The van der Waals surface area contributed by atoms with Gasteiger partial charge in [0.05, 0.1) is 37.3 Å². The predicted octanol–water partition coefficient (Wildman–Crippen LogP) is 1.64. The summed E-state index contributed by atoms with van der Waals surface area (Å²) in [6.07, 6.45) is 2.65. The van der Waals surface area contributed by atoms with Crippen LogP contribution >= 0.6 is 0 Å². The molecule has 0 spiro atoms. The maximum absolute atomic E-state index is 12.9. The van der Waals surface area contributed by atoms with Crippen molar-refractivity contribution in [2.75, 3.05) is 26.7 Å². The molecule has 0 radical (unpaired) electrons. The number of aliphatic hydroxyl groups is 1. The molecule has 2 heterocycles. The lowest BCUT2D eigenvalue weighted by Gasteiger charge is -2.35. The molecule has 9 nitrogen and oxygen atoms in total. The van der Waals surface area contributed by atoms with Crippen LogP contribution in [0.4, 0.5) is 0 Å². The number of aliphatic hydroxyl groups excluding tert-OH is 1. The van der Waals surface area contributed by atoms with Gasteiger partial charge in [-0.2, -0.15) is 0 Å². The van der Waals surface area contributed by atoms with Gasteiger partial charge < -0.3 is 19.8 Å². The maximum Gasteiger partial charge on any atom is 0.222 e. The van der Waals surface area contributed by atoms with Gasteiger partial charge in [0.1, 0.15) is 5.75 Å². The number of aryl methyl sites for hydroxylation is 1. The molecule has 1 aromatic heterocycles. The number of ether oxygens (including phenoxy) is 1. The summed E-state index contributed by atoms with van der Waals surface area (Å²) < 4.78 is 8.16. The molecule has 1 aliphatic heterocycles. The lowest BCUT2D eigenvalue weighted by Crippen LogP contribution is -2.47. The van der Waals surface area contributed by atoms with Crippen molar-refractivity contribution in [1.29, 1.82) is 0 Å². The fourth-order valence-electron chi connectivity index (χ4n) is 4.03. The lowest BCUT2D eigenvalue weighted by molar-refractivity contribution is -0.136. The molecule has 3 atom stereocenters.